The summed E-state index contributed by atoms with van der Waals surface area (Å²) >= 11 is 5.04. The molecule has 0 fully saturated rings. The Balaban J connectivity index is 2.50. The molecule has 0 unspecified atom stereocenters. The molecule has 1 rings (SSSR count). The zero-order valence-corrected chi connectivity index (χ0v) is 13.0. The average Bonchev–Trinajstić information content (AvgIpc) is 2.38. The first-order valence-electron chi connectivity index (χ1n) is 6.87. The number of ether oxygens (including phenoxy) is 1. The molecule has 110 valence electrons. The van der Waals surface area contributed by atoms with Crippen molar-refractivity contribution in [3.05, 3.63) is 29.8 Å². The monoisotopic (exact) mass is 294 g/mol. The van der Waals surface area contributed by atoms with Crippen molar-refractivity contribution in [3.63, 3.8) is 0 Å². The third-order valence-electron chi connectivity index (χ3n) is 2.53. The van der Waals surface area contributed by atoms with E-state index in [0.717, 1.165) is 18.6 Å². The van der Waals surface area contributed by atoms with Gasteiger partial charge in [-0.2, -0.15) is 0 Å². The molecule has 0 aliphatic heterocycles. The quantitative estimate of drug-likeness (QED) is 0.626. The number of unbranched alkanes of at least 4 members (excludes halogenated alkanes) is 1. The van der Waals surface area contributed by atoms with Crippen LogP contribution in [0.4, 0.5) is 0 Å². The highest BCUT2D eigenvalue weighted by molar-refractivity contribution is 7.80. The normalized spacial score (nSPS) is 10.2. The van der Waals surface area contributed by atoms with Crippen LogP contribution in [0.2, 0.25) is 0 Å². The van der Waals surface area contributed by atoms with Gasteiger partial charge < -0.3 is 10.1 Å². The standard InChI is InChI=1S/C15H22N2O2S/c1-4-5-10-19-13-8-6-12(7-9-13)14(18)17-15(20)16-11(2)3/h6-9,11H,4-5,10H2,1-3H3,(H2,16,17,18,20). The second-order valence-electron chi connectivity index (χ2n) is 4.81. The Kier molecular flexibility index (Phi) is 7.01. The van der Waals surface area contributed by atoms with E-state index in [-0.39, 0.29) is 11.9 Å². The molecule has 2 N–H and O–H groups in total. The average molecular weight is 294 g/mol. The molecule has 20 heavy (non-hydrogen) atoms. The molecule has 0 aliphatic carbocycles. The van der Waals surface area contributed by atoms with Crippen LogP contribution in [0, 0.1) is 0 Å². The number of rotatable bonds is 6. The van der Waals surface area contributed by atoms with Gasteiger partial charge >= 0.3 is 0 Å². The lowest BCUT2D eigenvalue weighted by molar-refractivity contribution is 0.0976. The first-order valence-corrected chi connectivity index (χ1v) is 7.28. The summed E-state index contributed by atoms with van der Waals surface area (Å²) in [6.07, 6.45) is 2.12. The summed E-state index contributed by atoms with van der Waals surface area (Å²) in [5, 5.41) is 5.94. The predicted octanol–water partition coefficient (Wildman–Crippen LogP) is 2.88. The number of benzene rings is 1. The molecule has 0 heterocycles. The van der Waals surface area contributed by atoms with Gasteiger partial charge in [0.1, 0.15) is 5.75 Å². The maximum absolute atomic E-state index is 11.9. The molecule has 0 saturated heterocycles. The summed E-state index contributed by atoms with van der Waals surface area (Å²) in [4.78, 5) is 11.9. The summed E-state index contributed by atoms with van der Waals surface area (Å²) in [6.45, 7) is 6.73. The number of amides is 1. The van der Waals surface area contributed by atoms with Gasteiger partial charge in [0, 0.05) is 11.6 Å². The Morgan fingerprint density at radius 1 is 1.30 bits per heavy atom. The third-order valence-corrected chi connectivity index (χ3v) is 2.75. The number of carbonyl (C=O) groups is 1. The minimum Gasteiger partial charge on any atom is -0.494 e. The summed E-state index contributed by atoms with van der Waals surface area (Å²) in [6, 6.07) is 7.24. The van der Waals surface area contributed by atoms with E-state index in [1.807, 2.05) is 13.8 Å². The second kappa shape index (κ2) is 8.53. The number of hydrogen-bond donors (Lipinski definition) is 2. The molecular weight excluding hydrogens is 272 g/mol. The van der Waals surface area contributed by atoms with E-state index in [9.17, 15) is 4.79 Å². The Morgan fingerprint density at radius 3 is 2.50 bits per heavy atom. The van der Waals surface area contributed by atoms with E-state index in [1.54, 1.807) is 24.3 Å². The minimum atomic E-state index is -0.219. The van der Waals surface area contributed by atoms with Crippen molar-refractivity contribution < 1.29 is 9.53 Å². The van der Waals surface area contributed by atoms with Gasteiger partial charge in [0.2, 0.25) is 0 Å². The Hall–Kier alpha value is -1.62. The van der Waals surface area contributed by atoms with Crippen molar-refractivity contribution in [3.8, 4) is 5.75 Å². The molecule has 0 saturated carbocycles. The number of carbonyl (C=O) groups excluding carboxylic acids is 1. The molecule has 1 amide bonds. The summed E-state index contributed by atoms with van der Waals surface area (Å²) in [7, 11) is 0. The van der Waals surface area contributed by atoms with Crippen LogP contribution in [0.1, 0.15) is 44.0 Å². The van der Waals surface area contributed by atoms with Crippen molar-refractivity contribution in [2.45, 2.75) is 39.7 Å². The van der Waals surface area contributed by atoms with Gasteiger partial charge in [-0.25, -0.2) is 0 Å². The molecule has 5 heteroatoms. The van der Waals surface area contributed by atoms with Crippen LogP contribution in [0.3, 0.4) is 0 Å². The maximum Gasteiger partial charge on any atom is 0.257 e. The van der Waals surface area contributed by atoms with Gasteiger partial charge in [-0.3, -0.25) is 10.1 Å². The Morgan fingerprint density at radius 2 is 1.95 bits per heavy atom. The van der Waals surface area contributed by atoms with E-state index >= 15 is 0 Å². The Labute approximate surface area is 125 Å². The minimum absolute atomic E-state index is 0.192. The van der Waals surface area contributed by atoms with Gasteiger partial charge in [-0.15, -0.1) is 0 Å². The van der Waals surface area contributed by atoms with E-state index in [1.165, 1.54) is 0 Å². The van der Waals surface area contributed by atoms with Crippen LogP contribution in [0.15, 0.2) is 24.3 Å². The molecule has 0 aliphatic rings. The number of nitrogens with one attached hydrogen (secondary N) is 2. The molecule has 0 aromatic heterocycles. The van der Waals surface area contributed by atoms with Crippen molar-refractivity contribution in [1.82, 2.24) is 10.6 Å². The van der Waals surface area contributed by atoms with Gasteiger partial charge in [0.15, 0.2) is 5.11 Å². The predicted molar refractivity (Wildman–Crippen MR) is 85.2 cm³/mol. The SMILES string of the molecule is CCCCOc1ccc(C(=O)NC(=S)NC(C)C)cc1. The van der Waals surface area contributed by atoms with E-state index in [2.05, 4.69) is 17.6 Å². The highest BCUT2D eigenvalue weighted by Crippen LogP contribution is 2.12. The first-order chi connectivity index (χ1) is 9.52. The van der Waals surface area contributed by atoms with Crippen LogP contribution in [0.25, 0.3) is 0 Å². The van der Waals surface area contributed by atoms with Crippen LogP contribution < -0.4 is 15.4 Å². The van der Waals surface area contributed by atoms with Crippen molar-refractivity contribution in [2.75, 3.05) is 6.61 Å². The lowest BCUT2D eigenvalue weighted by Crippen LogP contribution is -2.42. The second-order valence-corrected chi connectivity index (χ2v) is 5.22. The first kappa shape index (κ1) is 16.4. The van der Waals surface area contributed by atoms with E-state index in [4.69, 9.17) is 17.0 Å². The van der Waals surface area contributed by atoms with Crippen LogP contribution in [0.5, 0.6) is 5.75 Å². The summed E-state index contributed by atoms with van der Waals surface area (Å²) in [5.74, 6) is 0.557. The number of thiocarbonyl (C=S) groups is 1. The molecular formula is C15H22N2O2S. The fourth-order valence-corrected chi connectivity index (χ4v) is 1.84. The lowest BCUT2D eigenvalue weighted by atomic mass is 10.2. The topological polar surface area (TPSA) is 50.4 Å². The summed E-state index contributed by atoms with van der Waals surface area (Å²) in [5.41, 5.74) is 0.556. The van der Waals surface area contributed by atoms with Gasteiger partial charge in [-0.05, 0) is 56.8 Å². The Bertz CT molecular complexity index is 444. The molecule has 4 nitrogen and oxygen atoms in total. The maximum atomic E-state index is 11.9. The smallest absolute Gasteiger partial charge is 0.257 e. The van der Waals surface area contributed by atoms with Gasteiger partial charge in [0.25, 0.3) is 5.91 Å². The molecule has 0 atom stereocenters. The van der Waals surface area contributed by atoms with Gasteiger partial charge in [0.05, 0.1) is 6.61 Å². The fraction of sp³-hybridized carbons (Fsp3) is 0.467. The highest BCUT2D eigenvalue weighted by atomic mass is 32.1. The molecule has 1 aromatic rings. The lowest BCUT2D eigenvalue weighted by Gasteiger charge is -2.12. The zero-order chi connectivity index (χ0) is 15.0. The highest BCUT2D eigenvalue weighted by Gasteiger charge is 2.08. The van der Waals surface area contributed by atoms with Crippen LogP contribution in [-0.4, -0.2) is 23.7 Å². The summed E-state index contributed by atoms with van der Waals surface area (Å²) < 4.78 is 5.55. The van der Waals surface area contributed by atoms with Crippen LogP contribution >= 0.6 is 12.2 Å². The van der Waals surface area contributed by atoms with Gasteiger partial charge in [-0.1, -0.05) is 13.3 Å². The van der Waals surface area contributed by atoms with E-state index < -0.39 is 0 Å². The molecule has 1 aromatic carbocycles. The fourth-order valence-electron chi connectivity index (χ4n) is 1.51. The third kappa shape index (κ3) is 6.02. The molecule has 0 spiro atoms. The molecule has 0 bridgehead atoms. The van der Waals surface area contributed by atoms with Crippen molar-refractivity contribution >= 4 is 23.2 Å². The van der Waals surface area contributed by atoms with Crippen molar-refractivity contribution in [1.29, 1.82) is 0 Å². The van der Waals surface area contributed by atoms with Crippen LogP contribution in [-0.2, 0) is 0 Å². The largest absolute Gasteiger partial charge is 0.494 e. The van der Waals surface area contributed by atoms with Crippen molar-refractivity contribution in [2.24, 2.45) is 0 Å². The molecule has 0 radical (unpaired) electrons. The van der Waals surface area contributed by atoms with E-state index in [0.29, 0.717) is 17.3 Å². The zero-order valence-electron chi connectivity index (χ0n) is 12.2. The number of hydrogen-bond acceptors (Lipinski definition) is 3.